The van der Waals surface area contributed by atoms with E-state index in [1.807, 2.05) is 0 Å². The van der Waals surface area contributed by atoms with Gasteiger partial charge in [-0.15, -0.1) is 0 Å². The average molecular weight is 473 g/mol. The third-order valence-corrected chi connectivity index (χ3v) is 6.67. The van der Waals surface area contributed by atoms with Gasteiger partial charge in [0, 0.05) is 23.8 Å². The number of anilines is 1. The molecular weight excluding hydrogens is 455 g/mol. The van der Waals surface area contributed by atoms with Crippen molar-refractivity contribution >= 4 is 50.8 Å². The van der Waals surface area contributed by atoms with E-state index >= 15 is 0 Å². The van der Waals surface area contributed by atoms with Crippen molar-refractivity contribution in [1.82, 2.24) is 4.31 Å². The number of halogens is 2. The zero-order chi connectivity index (χ0) is 21.7. The van der Waals surface area contributed by atoms with Crippen LogP contribution in [0.1, 0.15) is 10.4 Å². The van der Waals surface area contributed by atoms with Crippen molar-refractivity contribution in [2.24, 2.45) is 0 Å². The molecule has 2 aromatic carbocycles. The van der Waals surface area contributed by atoms with Gasteiger partial charge in [0.25, 0.3) is 5.91 Å². The predicted molar refractivity (Wildman–Crippen MR) is 111 cm³/mol. The summed E-state index contributed by atoms with van der Waals surface area (Å²) in [6.45, 7) is 0.610. The normalized spacial score (nSPS) is 14.9. The molecule has 1 heterocycles. The Balaban J connectivity index is 1.62. The van der Waals surface area contributed by atoms with Crippen molar-refractivity contribution in [2.75, 3.05) is 38.2 Å². The maximum Gasteiger partial charge on any atom is 0.340 e. The van der Waals surface area contributed by atoms with Gasteiger partial charge in [0.15, 0.2) is 6.61 Å². The molecule has 0 bridgehead atoms. The third kappa shape index (κ3) is 5.50. The Morgan fingerprint density at radius 2 is 1.83 bits per heavy atom. The van der Waals surface area contributed by atoms with Crippen molar-refractivity contribution < 1.29 is 27.5 Å². The fraction of sp³-hybridized carbons (Fsp3) is 0.263. The lowest BCUT2D eigenvalue weighted by Gasteiger charge is -2.26. The van der Waals surface area contributed by atoms with Gasteiger partial charge < -0.3 is 14.8 Å². The van der Waals surface area contributed by atoms with E-state index in [4.69, 9.17) is 32.7 Å². The number of morpholine rings is 1. The molecule has 2 aromatic rings. The molecule has 3 rings (SSSR count). The van der Waals surface area contributed by atoms with Gasteiger partial charge in [-0.2, -0.15) is 4.31 Å². The van der Waals surface area contributed by atoms with Crippen LogP contribution in [0.2, 0.25) is 10.0 Å². The van der Waals surface area contributed by atoms with E-state index in [1.165, 1.54) is 46.8 Å². The molecule has 30 heavy (non-hydrogen) atoms. The van der Waals surface area contributed by atoms with Gasteiger partial charge in [-0.05, 0) is 36.4 Å². The van der Waals surface area contributed by atoms with E-state index in [2.05, 4.69) is 5.32 Å². The number of carbonyl (C=O) groups excluding carboxylic acids is 2. The largest absolute Gasteiger partial charge is 0.452 e. The van der Waals surface area contributed by atoms with Crippen molar-refractivity contribution in [1.29, 1.82) is 0 Å². The summed E-state index contributed by atoms with van der Waals surface area (Å²) >= 11 is 11.8. The molecular formula is C19H18Cl2N2O6S. The lowest BCUT2D eigenvalue weighted by atomic mass is 10.2. The number of ether oxygens (including phenoxy) is 2. The maximum absolute atomic E-state index is 12.7. The lowest BCUT2D eigenvalue weighted by molar-refractivity contribution is -0.119. The average Bonchev–Trinajstić information content (AvgIpc) is 2.74. The molecule has 0 spiro atoms. The Morgan fingerprint density at radius 1 is 1.10 bits per heavy atom. The van der Waals surface area contributed by atoms with E-state index in [9.17, 15) is 18.0 Å². The monoisotopic (exact) mass is 472 g/mol. The summed E-state index contributed by atoms with van der Waals surface area (Å²) < 4.78 is 36.9. The van der Waals surface area contributed by atoms with E-state index in [0.717, 1.165) is 0 Å². The van der Waals surface area contributed by atoms with Crippen molar-refractivity contribution in [3.63, 3.8) is 0 Å². The SMILES string of the molecule is O=C(COC(=O)c1cc(Cl)ccc1Cl)Nc1cccc(S(=O)(=O)N2CCOCC2)c1. The van der Waals surface area contributed by atoms with E-state index < -0.39 is 28.5 Å². The first-order valence-corrected chi connectivity index (χ1v) is 11.1. The first kappa shape index (κ1) is 22.5. The second-order valence-corrected chi connectivity index (χ2v) is 9.07. The quantitative estimate of drug-likeness (QED) is 0.648. The van der Waals surface area contributed by atoms with Gasteiger partial charge in [0.1, 0.15) is 0 Å². The smallest absolute Gasteiger partial charge is 0.340 e. The predicted octanol–water partition coefficient (Wildman–Crippen LogP) is 2.81. The second-order valence-electron chi connectivity index (χ2n) is 6.29. The highest BCUT2D eigenvalue weighted by atomic mass is 35.5. The van der Waals surface area contributed by atoms with Crippen LogP contribution in [0, 0.1) is 0 Å². The molecule has 0 aliphatic carbocycles. The zero-order valence-corrected chi connectivity index (χ0v) is 18.0. The maximum atomic E-state index is 12.7. The number of rotatable bonds is 6. The summed E-state index contributed by atoms with van der Waals surface area (Å²) in [5, 5.41) is 2.95. The van der Waals surface area contributed by atoms with Crippen LogP contribution in [0.15, 0.2) is 47.4 Å². The van der Waals surface area contributed by atoms with Crippen molar-refractivity contribution in [3.8, 4) is 0 Å². The summed E-state index contributed by atoms with van der Waals surface area (Å²) in [5.41, 5.74) is 0.293. The molecule has 0 radical (unpaired) electrons. The standard InChI is InChI=1S/C19H18Cl2N2O6S/c20-13-4-5-17(21)16(10-13)19(25)29-12-18(24)22-14-2-1-3-15(11-14)30(26,27)23-6-8-28-9-7-23/h1-5,10-11H,6-9,12H2,(H,22,24). The molecule has 0 saturated carbocycles. The highest BCUT2D eigenvalue weighted by Gasteiger charge is 2.26. The third-order valence-electron chi connectivity index (χ3n) is 4.21. The van der Waals surface area contributed by atoms with Crippen LogP contribution in [-0.4, -0.2) is 57.5 Å². The molecule has 0 unspecified atom stereocenters. The number of benzene rings is 2. The number of nitrogens with zero attached hydrogens (tertiary/aromatic N) is 1. The number of esters is 1. The molecule has 1 fully saturated rings. The zero-order valence-electron chi connectivity index (χ0n) is 15.6. The number of carbonyl (C=O) groups is 2. The van der Waals surface area contributed by atoms with E-state index in [-0.39, 0.29) is 34.3 Å². The topological polar surface area (TPSA) is 102 Å². The lowest BCUT2D eigenvalue weighted by Crippen LogP contribution is -2.40. The highest BCUT2D eigenvalue weighted by Crippen LogP contribution is 2.22. The van der Waals surface area contributed by atoms with Crippen LogP contribution in [-0.2, 0) is 24.3 Å². The van der Waals surface area contributed by atoms with Crippen LogP contribution in [0.25, 0.3) is 0 Å². The fourth-order valence-electron chi connectivity index (χ4n) is 2.73. The number of hydrogen-bond donors (Lipinski definition) is 1. The minimum absolute atomic E-state index is 0.0376. The summed E-state index contributed by atoms with van der Waals surface area (Å²) in [6, 6.07) is 10.1. The van der Waals surface area contributed by atoms with E-state index in [1.54, 1.807) is 0 Å². The number of amides is 1. The van der Waals surface area contributed by atoms with Gasteiger partial charge in [0.05, 0.1) is 28.7 Å². The number of hydrogen-bond acceptors (Lipinski definition) is 6. The second kappa shape index (κ2) is 9.76. The van der Waals surface area contributed by atoms with E-state index in [0.29, 0.717) is 18.2 Å². The molecule has 1 aliphatic rings. The summed E-state index contributed by atoms with van der Waals surface area (Å²) in [5.74, 6) is -1.44. The molecule has 1 saturated heterocycles. The first-order valence-electron chi connectivity index (χ1n) is 8.87. The fourth-order valence-corrected chi connectivity index (χ4v) is 4.55. The summed E-state index contributed by atoms with van der Waals surface area (Å²) in [7, 11) is -3.70. The molecule has 0 aromatic heterocycles. The van der Waals surface area contributed by atoms with Gasteiger partial charge in [-0.3, -0.25) is 4.79 Å². The van der Waals surface area contributed by atoms with Crippen LogP contribution in [0.3, 0.4) is 0 Å². The molecule has 0 atom stereocenters. The minimum atomic E-state index is -3.70. The van der Waals surface area contributed by atoms with Crippen LogP contribution in [0.5, 0.6) is 0 Å². The Labute approximate surface area is 183 Å². The van der Waals surface area contributed by atoms with Crippen molar-refractivity contribution in [3.05, 3.63) is 58.1 Å². The Hall–Kier alpha value is -2.17. The Kier molecular flexibility index (Phi) is 7.32. The van der Waals surface area contributed by atoms with Gasteiger partial charge in [-0.25, -0.2) is 13.2 Å². The molecule has 8 nitrogen and oxygen atoms in total. The van der Waals surface area contributed by atoms with Crippen LogP contribution < -0.4 is 5.32 Å². The minimum Gasteiger partial charge on any atom is -0.452 e. The molecule has 11 heteroatoms. The van der Waals surface area contributed by atoms with Gasteiger partial charge >= 0.3 is 5.97 Å². The highest BCUT2D eigenvalue weighted by molar-refractivity contribution is 7.89. The molecule has 1 amide bonds. The van der Waals surface area contributed by atoms with Gasteiger partial charge in [-0.1, -0.05) is 29.3 Å². The van der Waals surface area contributed by atoms with Crippen LogP contribution >= 0.6 is 23.2 Å². The van der Waals surface area contributed by atoms with Crippen molar-refractivity contribution in [2.45, 2.75) is 4.90 Å². The first-order chi connectivity index (χ1) is 14.3. The Morgan fingerprint density at radius 3 is 2.57 bits per heavy atom. The summed E-state index contributed by atoms with van der Waals surface area (Å²) in [4.78, 5) is 24.3. The van der Waals surface area contributed by atoms with Crippen LogP contribution in [0.4, 0.5) is 5.69 Å². The molecule has 1 N–H and O–H groups in total. The van der Waals surface area contributed by atoms with Gasteiger partial charge in [0.2, 0.25) is 10.0 Å². The number of sulfonamides is 1. The molecule has 1 aliphatic heterocycles. The molecule has 160 valence electrons. The summed E-state index contributed by atoms with van der Waals surface area (Å²) in [6.07, 6.45) is 0. The number of nitrogens with one attached hydrogen (secondary N) is 1. The Bertz CT molecular complexity index is 1050.